The highest BCUT2D eigenvalue weighted by atomic mass is 35.6. The summed E-state index contributed by atoms with van der Waals surface area (Å²) in [7, 11) is 0. The third-order valence-electron chi connectivity index (χ3n) is 2.03. The summed E-state index contributed by atoms with van der Waals surface area (Å²) in [4.78, 5) is 22.4. The summed E-state index contributed by atoms with van der Waals surface area (Å²) in [5.74, 6) is -0.982. The monoisotopic (exact) mass is 308 g/mol. The van der Waals surface area contributed by atoms with E-state index >= 15 is 0 Å². The van der Waals surface area contributed by atoms with Gasteiger partial charge in [-0.15, -0.1) is 0 Å². The summed E-state index contributed by atoms with van der Waals surface area (Å²) >= 11 is 15.9. The summed E-state index contributed by atoms with van der Waals surface area (Å²) in [6, 6.07) is 8.90. The Hall–Kier alpha value is -0.970. The van der Waals surface area contributed by atoms with Crippen molar-refractivity contribution in [3.8, 4) is 0 Å². The van der Waals surface area contributed by atoms with E-state index in [2.05, 4.69) is 5.32 Å². The lowest BCUT2D eigenvalue weighted by molar-refractivity contribution is -0.119. The standard InChI is InChI=1S/C11H11Cl3N2O2/c12-11(13,14)9(17)16-10(18)15-7-6-8-4-2-1-3-5-8/h1-5H,6-7H2,(H2,15,16,17,18). The fraction of sp³-hybridized carbons (Fsp3) is 0.273. The second-order valence-electron chi connectivity index (χ2n) is 3.44. The number of alkyl halides is 3. The van der Waals surface area contributed by atoms with Gasteiger partial charge in [0, 0.05) is 6.54 Å². The average Bonchev–Trinajstić information content (AvgIpc) is 2.29. The molecule has 0 atom stereocenters. The van der Waals surface area contributed by atoms with Crippen molar-refractivity contribution in [2.24, 2.45) is 0 Å². The first-order valence-corrected chi connectivity index (χ1v) is 6.23. The van der Waals surface area contributed by atoms with Crippen LogP contribution >= 0.6 is 34.8 Å². The second-order valence-corrected chi connectivity index (χ2v) is 5.72. The first-order valence-electron chi connectivity index (χ1n) is 5.09. The van der Waals surface area contributed by atoms with Crippen LogP contribution in [0.5, 0.6) is 0 Å². The maximum atomic E-state index is 11.3. The lowest BCUT2D eigenvalue weighted by atomic mass is 10.1. The molecular formula is C11H11Cl3N2O2. The highest BCUT2D eigenvalue weighted by molar-refractivity contribution is 6.76. The zero-order valence-corrected chi connectivity index (χ0v) is 11.5. The van der Waals surface area contributed by atoms with Gasteiger partial charge in [0.1, 0.15) is 0 Å². The molecule has 4 nitrogen and oxygen atoms in total. The van der Waals surface area contributed by atoms with Gasteiger partial charge in [0.25, 0.3) is 9.70 Å². The molecule has 1 rings (SSSR count). The van der Waals surface area contributed by atoms with Gasteiger partial charge in [-0.25, -0.2) is 4.79 Å². The Morgan fingerprint density at radius 3 is 2.28 bits per heavy atom. The van der Waals surface area contributed by atoms with E-state index in [0.717, 1.165) is 5.56 Å². The average molecular weight is 310 g/mol. The van der Waals surface area contributed by atoms with Crippen LogP contribution in [0.1, 0.15) is 5.56 Å². The third kappa shape index (κ3) is 5.58. The maximum absolute atomic E-state index is 11.3. The SMILES string of the molecule is O=C(NCCc1ccccc1)NC(=O)C(Cl)(Cl)Cl. The number of urea groups is 1. The number of rotatable bonds is 3. The Morgan fingerprint density at radius 1 is 1.11 bits per heavy atom. The first-order chi connectivity index (χ1) is 8.39. The molecule has 0 aliphatic heterocycles. The summed E-state index contributed by atoms with van der Waals surface area (Å²) in [6.07, 6.45) is 0.649. The smallest absolute Gasteiger partial charge is 0.321 e. The quantitative estimate of drug-likeness (QED) is 0.843. The molecule has 18 heavy (non-hydrogen) atoms. The number of amides is 3. The Morgan fingerprint density at radius 2 is 1.72 bits per heavy atom. The number of hydrogen-bond donors (Lipinski definition) is 2. The Labute approximate surface area is 120 Å². The minimum Gasteiger partial charge on any atom is -0.337 e. The highest BCUT2D eigenvalue weighted by Gasteiger charge is 2.31. The van der Waals surface area contributed by atoms with Crippen molar-refractivity contribution in [2.45, 2.75) is 10.2 Å². The number of benzene rings is 1. The van der Waals surface area contributed by atoms with Gasteiger partial charge in [0.15, 0.2) is 0 Å². The summed E-state index contributed by atoms with van der Waals surface area (Å²) in [5, 5.41) is 4.41. The topological polar surface area (TPSA) is 58.2 Å². The maximum Gasteiger partial charge on any atom is 0.321 e. The normalized spacial score (nSPS) is 10.8. The number of carbonyl (C=O) groups is 2. The van der Waals surface area contributed by atoms with E-state index < -0.39 is 15.7 Å². The number of carbonyl (C=O) groups excluding carboxylic acids is 2. The third-order valence-corrected chi connectivity index (χ3v) is 2.54. The van der Waals surface area contributed by atoms with Gasteiger partial charge >= 0.3 is 6.03 Å². The van der Waals surface area contributed by atoms with Crippen LogP contribution in [0.25, 0.3) is 0 Å². The zero-order valence-electron chi connectivity index (χ0n) is 9.25. The van der Waals surface area contributed by atoms with Crippen molar-refractivity contribution in [3.05, 3.63) is 35.9 Å². The van der Waals surface area contributed by atoms with E-state index in [9.17, 15) is 9.59 Å². The molecule has 0 unspecified atom stereocenters. The highest BCUT2D eigenvalue weighted by Crippen LogP contribution is 2.25. The van der Waals surface area contributed by atoms with Crippen molar-refractivity contribution in [3.63, 3.8) is 0 Å². The predicted molar refractivity (Wildman–Crippen MR) is 72.0 cm³/mol. The van der Waals surface area contributed by atoms with Crippen molar-refractivity contribution < 1.29 is 9.59 Å². The molecule has 98 valence electrons. The lowest BCUT2D eigenvalue weighted by Gasteiger charge is -2.11. The molecule has 0 spiro atoms. The molecule has 7 heteroatoms. The van der Waals surface area contributed by atoms with E-state index in [1.165, 1.54) is 0 Å². The van der Waals surface area contributed by atoms with Gasteiger partial charge in [0.05, 0.1) is 0 Å². The minimum absolute atomic E-state index is 0.378. The molecule has 0 saturated carbocycles. The van der Waals surface area contributed by atoms with Gasteiger partial charge in [-0.05, 0) is 12.0 Å². The lowest BCUT2D eigenvalue weighted by Crippen LogP contribution is -2.45. The van der Waals surface area contributed by atoms with Crippen molar-refractivity contribution >= 4 is 46.7 Å². The molecule has 0 aliphatic carbocycles. The largest absolute Gasteiger partial charge is 0.337 e. The molecule has 2 N–H and O–H groups in total. The van der Waals surface area contributed by atoms with Gasteiger partial charge in [-0.1, -0.05) is 65.1 Å². The summed E-state index contributed by atoms with van der Waals surface area (Å²) in [5.41, 5.74) is 1.07. The summed E-state index contributed by atoms with van der Waals surface area (Å²) in [6.45, 7) is 0.378. The molecule has 0 radical (unpaired) electrons. The molecule has 0 saturated heterocycles. The van der Waals surface area contributed by atoms with E-state index in [-0.39, 0.29) is 0 Å². The Bertz CT molecular complexity index is 418. The van der Waals surface area contributed by atoms with Crippen molar-refractivity contribution in [2.75, 3.05) is 6.54 Å². The molecule has 0 heterocycles. The fourth-order valence-corrected chi connectivity index (χ4v) is 1.32. The van der Waals surface area contributed by atoms with Gasteiger partial charge in [0.2, 0.25) is 0 Å². The van der Waals surface area contributed by atoms with Crippen molar-refractivity contribution in [1.82, 2.24) is 10.6 Å². The predicted octanol–water partition coefficient (Wildman–Crippen LogP) is 2.43. The first kappa shape index (κ1) is 15.1. The molecule has 0 aliphatic rings. The number of imide groups is 1. The van der Waals surface area contributed by atoms with E-state index in [4.69, 9.17) is 34.8 Å². The Balaban J connectivity index is 2.28. The van der Waals surface area contributed by atoms with Crippen LogP contribution in [0.4, 0.5) is 4.79 Å². The van der Waals surface area contributed by atoms with Crippen LogP contribution < -0.4 is 10.6 Å². The minimum atomic E-state index is -2.14. The van der Waals surface area contributed by atoms with Gasteiger partial charge in [-0.3, -0.25) is 10.1 Å². The van der Waals surface area contributed by atoms with Crippen molar-refractivity contribution in [1.29, 1.82) is 0 Å². The molecule has 0 aromatic heterocycles. The van der Waals surface area contributed by atoms with Crippen LogP contribution in [0, 0.1) is 0 Å². The number of halogens is 3. The molecular weight excluding hydrogens is 298 g/mol. The summed E-state index contributed by atoms with van der Waals surface area (Å²) < 4.78 is -2.14. The molecule has 0 fully saturated rings. The zero-order chi connectivity index (χ0) is 13.6. The van der Waals surface area contributed by atoms with Crippen LogP contribution in [0.3, 0.4) is 0 Å². The molecule has 1 aromatic carbocycles. The molecule has 0 bridgehead atoms. The van der Waals surface area contributed by atoms with Crippen LogP contribution in [0.15, 0.2) is 30.3 Å². The van der Waals surface area contributed by atoms with E-state index in [0.29, 0.717) is 13.0 Å². The van der Waals surface area contributed by atoms with E-state index in [1.54, 1.807) is 0 Å². The molecule has 1 aromatic rings. The number of hydrogen-bond acceptors (Lipinski definition) is 2. The van der Waals surface area contributed by atoms with Crippen LogP contribution in [-0.4, -0.2) is 22.3 Å². The Kier molecular flexibility index (Phi) is 5.72. The molecule has 3 amide bonds. The van der Waals surface area contributed by atoms with Gasteiger partial charge in [-0.2, -0.15) is 0 Å². The van der Waals surface area contributed by atoms with E-state index in [1.807, 2.05) is 35.6 Å². The van der Waals surface area contributed by atoms with Gasteiger partial charge < -0.3 is 5.32 Å². The number of nitrogens with one attached hydrogen (secondary N) is 2. The van der Waals surface area contributed by atoms with Crippen LogP contribution in [0.2, 0.25) is 0 Å². The second kappa shape index (κ2) is 6.83. The van der Waals surface area contributed by atoms with Crippen LogP contribution in [-0.2, 0) is 11.2 Å². The fourth-order valence-electron chi connectivity index (χ4n) is 1.18.